The number of halogens is 1. The molecule has 0 radical (unpaired) electrons. The van der Waals surface area contributed by atoms with Gasteiger partial charge in [0.05, 0.1) is 22.7 Å². The summed E-state index contributed by atoms with van der Waals surface area (Å²) in [5.74, 6) is 0. The molecule has 0 fully saturated rings. The quantitative estimate of drug-likeness (QED) is 0.293. The fourth-order valence-electron chi connectivity index (χ4n) is 3.67. The van der Waals surface area contributed by atoms with E-state index in [1.807, 2.05) is 0 Å². The third kappa shape index (κ3) is 2.71. The number of hydrogen-bond acceptors (Lipinski definition) is 2. The van der Waals surface area contributed by atoms with Gasteiger partial charge in [-0.05, 0) is 60.7 Å². The SMILES string of the molecule is Brc1ccc(N2c3ccccc3N(c3ccccc3)c3ccccc32)cc1. The van der Waals surface area contributed by atoms with Crippen LogP contribution in [0.1, 0.15) is 0 Å². The largest absolute Gasteiger partial charge is 0.306 e. The van der Waals surface area contributed by atoms with E-state index in [0.717, 1.165) is 15.8 Å². The molecule has 1 heterocycles. The van der Waals surface area contributed by atoms with E-state index < -0.39 is 0 Å². The van der Waals surface area contributed by atoms with Gasteiger partial charge in [-0.2, -0.15) is 0 Å². The first-order valence-corrected chi connectivity index (χ1v) is 9.71. The summed E-state index contributed by atoms with van der Waals surface area (Å²) in [6.07, 6.45) is 0. The zero-order chi connectivity index (χ0) is 18.2. The van der Waals surface area contributed by atoms with Gasteiger partial charge in [0.1, 0.15) is 0 Å². The van der Waals surface area contributed by atoms with Crippen LogP contribution < -0.4 is 9.80 Å². The van der Waals surface area contributed by atoms with Crippen LogP contribution in [0.4, 0.5) is 34.1 Å². The number of rotatable bonds is 2. The molecule has 130 valence electrons. The zero-order valence-electron chi connectivity index (χ0n) is 14.6. The molecular formula is C24H17BrN2. The molecule has 1 aliphatic rings. The molecule has 0 amide bonds. The predicted molar refractivity (Wildman–Crippen MR) is 117 cm³/mol. The lowest BCUT2D eigenvalue weighted by atomic mass is 10.0. The second-order valence-corrected chi connectivity index (χ2v) is 7.38. The molecule has 27 heavy (non-hydrogen) atoms. The fourth-order valence-corrected chi connectivity index (χ4v) is 3.93. The second kappa shape index (κ2) is 6.60. The number of benzene rings is 4. The summed E-state index contributed by atoms with van der Waals surface area (Å²) in [6, 6.07) is 36.1. The monoisotopic (exact) mass is 412 g/mol. The summed E-state index contributed by atoms with van der Waals surface area (Å²) in [6.45, 7) is 0. The van der Waals surface area contributed by atoms with Crippen LogP contribution in [0.2, 0.25) is 0 Å². The molecule has 0 bridgehead atoms. The van der Waals surface area contributed by atoms with Crippen LogP contribution in [-0.2, 0) is 0 Å². The van der Waals surface area contributed by atoms with Gasteiger partial charge < -0.3 is 9.80 Å². The van der Waals surface area contributed by atoms with E-state index in [1.165, 1.54) is 22.7 Å². The van der Waals surface area contributed by atoms with Crippen molar-refractivity contribution in [2.75, 3.05) is 9.80 Å². The molecule has 0 saturated carbocycles. The molecule has 0 saturated heterocycles. The first-order chi connectivity index (χ1) is 13.3. The first-order valence-electron chi connectivity index (χ1n) is 8.92. The number of fused-ring (bicyclic) bond motifs is 2. The van der Waals surface area contributed by atoms with Crippen molar-refractivity contribution in [1.29, 1.82) is 0 Å². The lowest BCUT2D eigenvalue weighted by Gasteiger charge is -2.40. The molecule has 0 atom stereocenters. The maximum atomic E-state index is 3.55. The Morgan fingerprint density at radius 3 is 1.22 bits per heavy atom. The maximum absolute atomic E-state index is 3.55. The normalized spacial score (nSPS) is 12.5. The Bertz CT molecular complexity index is 1040. The lowest BCUT2D eigenvalue weighted by molar-refractivity contribution is 1.17. The highest BCUT2D eigenvalue weighted by Crippen LogP contribution is 2.53. The van der Waals surface area contributed by atoms with E-state index in [1.54, 1.807) is 0 Å². The van der Waals surface area contributed by atoms with Crippen LogP contribution in [0.3, 0.4) is 0 Å². The van der Waals surface area contributed by atoms with Crippen LogP contribution in [-0.4, -0.2) is 0 Å². The molecule has 5 rings (SSSR count). The van der Waals surface area contributed by atoms with E-state index in [2.05, 4.69) is 129 Å². The minimum atomic E-state index is 1.08. The average Bonchev–Trinajstić information content (AvgIpc) is 2.73. The van der Waals surface area contributed by atoms with Gasteiger partial charge in [0, 0.05) is 15.8 Å². The predicted octanol–water partition coefficient (Wildman–Crippen LogP) is 7.70. The van der Waals surface area contributed by atoms with E-state index >= 15 is 0 Å². The van der Waals surface area contributed by atoms with Crippen LogP contribution in [0.5, 0.6) is 0 Å². The second-order valence-electron chi connectivity index (χ2n) is 6.46. The van der Waals surface area contributed by atoms with Crippen molar-refractivity contribution in [3.8, 4) is 0 Å². The molecule has 3 heteroatoms. The fraction of sp³-hybridized carbons (Fsp3) is 0. The Balaban J connectivity index is 1.78. The smallest absolute Gasteiger partial charge is 0.0703 e. The summed E-state index contributed by atoms with van der Waals surface area (Å²) in [5, 5.41) is 0. The van der Waals surface area contributed by atoms with Crippen molar-refractivity contribution < 1.29 is 0 Å². The van der Waals surface area contributed by atoms with Crippen molar-refractivity contribution in [3.63, 3.8) is 0 Å². The highest BCUT2D eigenvalue weighted by molar-refractivity contribution is 9.10. The maximum Gasteiger partial charge on any atom is 0.0703 e. The van der Waals surface area contributed by atoms with Gasteiger partial charge in [0.15, 0.2) is 0 Å². The minimum absolute atomic E-state index is 1.08. The van der Waals surface area contributed by atoms with Crippen molar-refractivity contribution in [2.45, 2.75) is 0 Å². The highest BCUT2D eigenvalue weighted by atomic mass is 79.9. The number of hydrogen-bond donors (Lipinski definition) is 0. The van der Waals surface area contributed by atoms with Gasteiger partial charge in [0.2, 0.25) is 0 Å². The van der Waals surface area contributed by atoms with Gasteiger partial charge in [-0.3, -0.25) is 0 Å². The number of anilines is 6. The summed E-state index contributed by atoms with van der Waals surface area (Å²) >= 11 is 3.55. The third-order valence-corrected chi connectivity index (χ3v) is 5.35. The van der Waals surface area contributed by atoms with Crippen molar-refractivity contribution in [3.05, 3.63) is 108 Å². The first kappa shape index (κ1) is 16.2. The molecule has 1 aliphatic heterocycles. The average molecular weight is 413 g/mol. The van der Waals surface area contributed by atoms with Crippen LogP contribution in [0.25, 0.3) is 0 Å². The van der Waals surface area contributed by atoms with Crippen LogP contribution in [0.15, 0.2) is 108 Å². The Kier molecular flexibility index (Phi) is 3.95. The van der Waals surface area contributed by atoms with Crippen molar-refractivity contribution >= 4 is 50.1 Å². The molecular weight excluding hydrogens is 396 g/mol. The van der Waals surface area contributed by atoms with Crippen molar-refractivity contribution in [2.24, 2.45) is 0 Å². The van der Waals surface area contributed by atoms with Gasteiger partial charge >= 0.3 is 0 Å². The third-order valence-electron chi connectivity index (χ3n) is 4.83. The highest BCUT2D eigenvalue weighted by Gasteiger charge is 2.29. The van der Waals surface area contributed by atoms with Gasteiger partial charge in [-0.1, -0.05) is 58.4 Å². The molecule has 0 N–H and O–H groups in total. The molecule has 4 aromatic rings. The van der Waals surface area contributed by atoms with E-state index in [0.29, 0.717) is 0 Å². The molecule has 4 aromatic carbocycles. The molecule has 0 unspecified atom stereocenters. The van der Waals surface area contributed by atoms with Gasteiger partial charge in [0.25, 0.3) is 0 Å². The summed E-state index contributed by atoms with van der Waals surface area (Å²) in [5.41, 5.74) is 6.99. The zero-order valence-corrected chi connectivity index (χ0v) is 16.2. The van der Waals surface area contributed by atoms with E-state index in [-0.39, 0.29) is 0 Å². The Hall–Kier alpha value is -3.04. The molecule has 0 spiro atoms. The van der Waals surface area contributed by atoms with E-state index in [9.17, 15) is 0 Å². The van der Waals surface area contributed by atoms with Crippen LogP contribution >= 0.6 is 15.9 Å². The minimum Gasteiger partial charge on any atom is -0.306 e. The lowest BCUT2D eigenvalue weighted by Crippen LogP contribution is -2.23. The number of nitrogens with zero attached hydrogens (tertiary/aromatic N) is 2. The Morgan fingerprint density at radius 2 is 0.778 bits per heavy atom. The standard InChI is InChI=1S/C24H17BrN2/c25-18-14-16-20(17-15-18)27-23-12-6-4-10-21(23)26(19-8-2-1-3-9-19)22-11-5-7-13-24(22)27/h1-17H. The van der Waals surface area contributed by atoms with Crippen LogP contribution in [0, 0.1) is 0 Å². The Labute approximate surface area is 167 Å². The summed E-state index contributed by atoms with van der Waals surface area (Å²) in [4.78, 5) is 4.66. The molecule has 2 nitrogen and oxygen atoms in total. The summed E-state index contributed by atoms with van der Waals surface area (Å²) in [7, 11) is 0. The van der Waals surface area contributed by atoms with Crippen molar-refractivity contribution in [1.82, 2.24) is 0 Å². The number of para-hydroxylation sites is 5. The summed E-state index contributed by atoms with van der Waals surface area (Å²) < 4.78 is 1.08. The molecule has 0 aliphatic carbocycles. The van der Waals surface area contributed by atoms with Gasteiger partial charge in [-0.15, -0.1) is 0 Å². The topological polar surface area (TPSA) is 6.48 Å². The molecule has 0 aromatic heterocycles. The van der Waals surface area contributed by atoms with E-state index in [4.69, 9.17) is 0 Å². The Morgan fingerprint density at radius 1 is 0.407 bits per heavy atom. The van der Waals surface area contributed by atoms with Gasteiger partial charge in [-0.25, -0.2) is 0 Å².